The Balaban J connectivity index is 2.16. The quantitative estimate of drug-likeness (QED) is 0.912. The number of carbonyl (C=O) groups is 1. The van der Waals surface area contributed by atoms with Gasteiger partial charge in [-0.3, -0.25) is 4.79 Å². The highest BCUT2D eigenvalue weighted by molar-refractivity contribution is 7.10. The van der Waals surface area contributed by atoms with Crippen LogP contribution >= 0.6 is 11.3 Å². The number of hydrogen-bond donors (Lipinski definition) is 1. The molecule has 2 heterocycles. The van der Waals surface area contributed by atoms with E-state index in [1.807, 2.05) is 10.3 Å². The van der Waals surface area contributed by atoms with Crippen LogP contribution in [0.5, 0.6) is 0 Å². The number of thiazole rings is 1. The fraction of sp³-hybridized carbons (Fsp3) is 0.733. The van der Waals surface area contributed by atoms with Crippen LogP contribution in [0.25, 0.3) is 0 Å². The number of nitrogens with zero attached hydrogens (tertiary/aromatic N) is 2. The van der Waals surface area contributed by atoms with Crippen LogP contribution in [0.2, 0.25) is 0 Å². The Labute approximate surface area is 125 Å². The lowest BCUT2D eigenvalue weighted by Crippen LogP contribution is -2.49. The highest BCUT2D eigenvalue weighted by Gasteiger charge is 2.31. The average Bonchev–Trinajstić information content (AvgIpc) is 2.87. The van der Waals surface area contributed by atoms with Gasteiger partial charge in [0.05, 0.1) is 5.01 Å². The molecule has 1 amide bonds. The maximum Gasteiger partial charge on any atom is 0.273 e. The summed E-state index contributed by atoms with van der Waals surface area (Å²) in [6.45, 7) is 9.91. The molecule has 112 valence electrons. The van der Waals surface area contributed by atoms with Gasteiger partial charge in [-0.25, -0.2) is 4.98 Å². The summed E-state index contributed by atoms with van der Waals surface area (Å²) in [5.41, 5.74) is 6.40. The third-order valence-corrected chi connectivity index (χ3v) is 5.14. The molecule has 1 aromatic rings. The Morgan fingerprint density at radius 3 is 2.80 bits per heavy atom. The zero-order valence-corrected chi connectivity index (χ0v) is 13.7. The van der Waals surface area contributed by atoms with Crippen molar-refractivity contribution in [3.63, 3.8) is 0 Å². The number of nitrogens with two attached hydrogens (primary N) is 1. The predicted octanol–water partition coefficient (Wildman–Crippen LogP) is 2.64. The van der Waals surface area contributed by atoms with Gasteiger partial charge in [0.15, 0.2) is 0 Å². The molecule has 1 aromatic heterocycles. The molecule has 2 unspecified atom stereocenters. The molecule has 0 aliphatic carbocycles. The fourth-order valence-corrected chi connectivity index (χ4v) is 3.49. The van der Waals surface area contributed by atoms with Crippen molar-refractivity contribution in [2.45, 2.75) is 52.0 Å². The fourth-order valence-electron chi connectivity index (χ4n) is 2.61. The first-order chi connectivity index (χ1) is 9.32. The zero-order valence-electron chi connectivity index (χ0n) is 12.8. The van der Waals surface area contributed by atoms with Crippen molar-refractivity contribution in [1.29, 1.82) is 0 Å². The standard InChI is InChI=1S/C15H25N3OS/c1-10-5-6-18(11(7-10)8-16)13(19)12-9-20-14(17-12)15(2,3)4/h9-11H,5-8,16H2,1-4H3. The van der Waals surface area contributed by atoms with E-state index in [2.05, 4.69) is 32.7 Å². The van der Waals surface area contributed by atoms with Crippen molar-refractivity contribution in [2.24, 2.45) is 11.7 Å². The van der Waals surface area contributed by atoms with Crippen molar-refractivity contribution in [3.05, 3.63) is 16.1 Å². The Hall–Kier alpha value is -0.940. The third kappa shape index (κ3) is 3.20. The highest BCUT2D eigenvalue weighted by Crippen LogP contribution is 2.28. The SMILES string of the molecule is CC1CCN(C(=O)c2csc(C(C)(C)C)n2)C(CN)C1. The number of amides is 1. The summed E-state index contributed by atoms with van der Waals surface area (Å²) in [5.74, 6) is 0.687. The summed E-state index contributed by atoms with van der Waals surface area (Å²) < 4.78 is 0. The lowest BCUT2D eigenvalue weighted by Gasteiger charge is -2.37. The first kappa shape index (κ1) is 15.4. The molecule has 1 aliphatic rings. The van der Waals surface area contributed by atoms with Crippen molar-refractivity contribution < 1.29 is 4.79 Å². The van der Waals surface area contributed by atoms with E-state index in [4.69, 9.17) is 5.73 Å². The Morgan fingerprint density at radius 1 is 1.55 bits per heavy atom. The van der Waals surface area contributed by atoms with Gasteiger partial charge >= 0.3 is 0 Å². The van der Waals surface area contributed by atoms with Crippen molar-refractivity contribution >= 4 is 17.2 Å². The van der Waals surface area contributed by atoms with E-state index >= 15 is 0 Å². The van der Waals surface area contributed by atoms with Gasteiger partial charge in [-0.2, -0.15) is 0 Å². The molecule has 1 saturated heterocycles. The smallest absolute Gasteiger partial charge is 0.273 e. The average molecular weight is 295 g/mol. The van der Waals surface area contributed by atoms with Gasteiger partial charge in [0.1, 0.15) is 5.69 Å². The predicted molar refractivity (Wildman–Crippen MR) is 83.1 cm³/mol. The first-order valence-electron chi connectivity index (χ1n) is 7.30. The van der Waals surface area contributed by atoms with E-state index in [1.54, 1.807) is 11.3 Å². The zero-order chi connectivity index (χ0) is 14.9. The molecule has 1 fully saturated rings. The van der Waals surface area contributed by atoms with E-state index in [0.717, 1.165) is 24.4 Å². The van der Waals surface area contributed by atoms with Crippen LogP contribution in [0.1, 0.15) is 56.0 Å². The molecular weight excluding hydrogens is 270 g/mol. The molecule has 20 heavy (non-hydrogen) atoms. The molecular formula is C15H25N3OS. The normalized spacial score (nSPS) is 23.9. The van der Waals surface area contributed by atoms with Crippen molar-refractivity contribution in [1.82, 2.24) is 9.88 Å². The second-order valence-corrected chi connectivity index (χ2v) is 7.66. The Bertz CT molecular complexity index is 478. The van der Waals surface area contributed by atoms with Crippen LogP contribution < -0.4 is 5.73 Å². The van der Waals surface area contributed by atoms with E-state index in [1.165, 1.54) is 0 Å². The second-order valence-electron chi connectivity index (χ2n) is 6.81. The number of piperidine rings is 1. The maximum atomic E-state index is 12.6. The maximum absolute atomic E-state index is 12.6. The van der Waals surface area contributed by atoms with Crippen LogP contribution in [0.3, 0.4) is 0 Å². The third-order valence-electron chi connectivity index (χ3n) is 3.88. The number of aromatic nitrogens is 1. The number of likely N-dealkylation sites (tertiary alicyclic amines) is 1. The molecule has 0 bridgehead atoms. The molecule has 4 nitrogen and oxygen atoms in total. The summed E-state index contributed by atoms with van der Waals surface area (Å²) in [7, 11) is 0. The minimum absolute atomic E-state index is 0.00707. The van der Waals surface area contributed by atoms with Crippen LogP contribution in [0.15, 0.2) is 5.38 Å². The Kier molecular flexibility index (Phi) is 4.49. The van der Waals surface area contributed by atoms with Crippen LogP contribution in [0, 0.1) is 5.92 Å². The van der Waals surface area contributed by atoms with Gasteiger partial charge in [0, 0.05) is 29.9 Å². The Morgan fingerprint density at radius 2 is 2.25 bits per heavy atom. The summed E-state index contributed by atoms with van der Waals surface area (Å²) >= 11 is 1.57. The van der Waals surface area contributed by atoms with Gasteiger partial charge in [-0.05, 0) is 18.8 Å². The molecule has 0 radical (unpaired) electrons. The molecule has 0 spiro atoms. The van der Waals surface area contributed by atoms with Gasteiger partial charge in [-0.15, -0.1) is 11.3 Å². The minimum atomic E-state index is -0.00707. The van der Waals surface area contributed by atoms with E-state index in [-0.39, 0.29) is 17.4 Å². The van der Waals surface area contributed by atoms with Crippen molar-refractivity contribution in [2.75, 3.05) is 13.1 Å². The molecule has 0 saturated carbocycles. The van der Waals surface area contributed by atoms with Gasteiger partial charge in [-0.1, -0.05) is 27.7 Å². The molecule has 0 aromatic carbocycles. The molecule has 2 N–H and O–H groups in total. The minimum Gasteiger partial charge on any atom is -0.333 e. The first-order valence-corrected chi connectivity index (χ1v) is 8.18. The lowest BCUT2D eigenvalue weighted by atomic mass is 9.92. The lowest BCUT2D eigenvalue weighted by molar-refractivity contribution is 0.0568. The van der Waals surface area contributed by atoms with Crippen molar-refractivity contribution in [3.8, 4) is 0 Å². The molecule has 2 atom stereocenters. The molecule has 5 heteroatoms. The molecule has 2 rings (SSSR count). The van der Waals surface area contributed by atoms with Crippen LogP contribution in [-0.4, -0.2) is 34.9 Å². The summed E-state index contributed by atoms with van der Waals surface area (Å²) in [6, 6.07) is 0.158. The van der Waals surface area contributed by atoms with Crippen LogP contribution in [-0.2, 0) is 5.41 Å². The van der Waals surface area contributed by atoms with Gasteiger partial charge in [0.2, 0.25) is 0 Å². The molecule has 1 aliphatic heterocycles. The summed E-state index contributed by atoms with van der Waals surface area (Å²) in [6.07, 6.45) is 2.05. The summed E-state index contributed by atoms with van der Waals surface area (Å²) in [5, 5.41) is 2.89. The van der Waals surface area contributed by atoms with Crippen LogP contribution in [0.4, 0.5) is 0 Å². The van der Waals surface area contributed by atoms with E-state index in [0.29, 0.717) is 18.2 Å². The largest absolute Gasteiger partial charge is 0.333 e. The number of carbonyl (C=O) groups excluding carboxylic acids is 1. The topological polar surface area (TPSA) is 59.2 Å². The second kappa shape index (κ2) is 5.82. The number of hydrogen-bond acceptors (Lipinski definition) is 4. The van der Waals surface area contributed by atoms with Gasteiger partial charge in [0.25, 0.3) is 5.91 Å². The highest BCUT2D eigenvalue weighted by atomic mass is 32.1. The summed E-state index contributed by atoms with van der Waals surface area (Å²) in [4.78, 5) is 19.1. The van der Waals surface area contributed by atoms with Gasteiger partial charge < -0.3 is 10.6 Å². The van der Waals surface area contributed by atoms with E-state index in [9.17, 15) is 4.79 Å². The van der Waals surface area contributed by atoms with E-state index < -0.39 is 0 Å². The number of rotatable bonds is 2. The monoisotopic (exact) mass is 295 g/mol.